The summed E-state index contributed by atoms with van der Waals surface area (Å²) in [5, 5.41) is 12.5. The fourth-order valence-electron chi connectivity index (χ4n) is 2.37. The fourth-order valence-corrected chi connectivity index (χ4v) is 2.68. The van der Waals surface area contributed by atoms with E-state index in [9.17, 15) is 4.39 Å². The van der Waals surface area contributed by atoms with E-state index < -0.39 is 0 Å². The third kappa shape index (κ3) is 4.76. The summed E-state index contributed by atoms with van der Waals surface area (Å²) in [6.07, 6.45) is 0.325. The molecule has 0 spiro atoms. The van der Waals surface area contributed by atoms with Gasteiger partial charge in [0, 0.05) is 17.9 Å². The van der Waals surface area contributed by atoms with Crippen molar-refractivity contribution in [1.82, 2.24) is 0 Å². The smallest absolute Gasteiger partial charge is 0.177 e. The molecule has 0 fully saturated rings. The Hall–Kier alpha value is -2.45. The first-order valence-corrected chi connectivity index (χ1v) is 7.70. The van der Waals surface area contributed by atoms with Gasteiger partial charge in [0.25, 0.3) is 0 Å². The molecule has 1 N–H and O–H groups in total. The zero-order valence-electron chi connectivity index (χ0n) is 13.1. The molecule has 0 heterocycles. The molecule has 118 valence electrons. The van der Waals surface area contributed by atoms with E-state index in [0.717, 1.165) is 22.5 Å². The molecule has 0 aliphatic carbocycles. The molecular formula is C18H18FN3S. The van der Waals surface area contributed by atoms with Gasteiger partial charge in [0.05, 0.1) is 12.5 Å². The van der Waals surface area contributed by atoms with Crippen molar-refractivity contribution in [2.75, 3.05) is 16.8 Å². The minimum Gasteiger partial charge on any atom is -0.332 e. The van der Waals surface area contributed by atoms with E-state index in [2.05, 4.69) is 17.5 Å². The molecule has 0 unspecified atom stereocenters. The van der Waals surface area contributed by atoms with Crippen LogP contribution in [0.1, 0.15) is 17.5 Å². The van der Waals surface area contributed by atoms with Crippen LogP contribution in [0.4, 0.5) is 15.8 Å². The average Bonchev–Trinajstić information content (AvgIpc) is 2.48. The second-order valence-corrected chi connectivity index (χ2v) is 5.73. The lowest BCUT2D eigenvalue weighted by Gasteiger charge is -2.25. The first kappa shape index (κ1) is 16.9. The van der Waals surface area contributed by atoms with E-state index in [-0.39, 0.29) is 5.82 Å². The van der Waals surface area contributed by atoms with Crippen molar-refractivity contribution in [3.05, 3.63) is 59.4 Å². The van der Waals surface area contributed by atoms with E-state index in [1.807, 2.05) is 26.0 Å². The van der Waals surface area contributed by atoms with Gasteiger partial charge in [-0.3, -0.25) is 0 Å². The van der Waals surface area contributed by atoms with Crippen molar-refractivity contribution >= 4 is 28.7 Å². The Kier molecular flexibility index (Phi) is 5.67. The molecule has 5 heteroatoms. The van der Waals surface area contributed by atoms with Gasteiger partial charge in [0.1, 0.15) is 5.82 Å². The number of thiocarbonyl (C=S) groups is 1. The standard InChI is InChI=1S/C18H18FN3S/c1-13-10-14(2)12-16(11-13)21-18(23)22(9-3-8-20)17-6-4-15(19)5-7-17/h4-7,10-12H,3,9H2,1-2H3,(H,21,23). The third-order valence-corrected chi connectivity index (χ3v) is 3.63. The molecule has 2 aromatic rings. The number of anilines is 2. The van der Waals surface area contributed by atoms with Crippen molar-refractivity contribution in [3.63, 3.8) is 0 Å². The SMILES string of the molecule is Cc1cc(C)cc(NC(=S)N(CCC#N)c2ccc(F)cc2)c1. The number of hydrogen-bond donors (Lipinski definition) is 1. The fraction of sp³-hybridized carbons (Fsp3) is 0.222. The zero-order valence-corrected chi connectivity index (χ0v) is 14.0. The Labute approximate surface area is 141 Å². The van der Waals surface area contributed by atoms with Crippen LogP contribution in [0.3, 0.4) is 0 Å². The topological polar surface area (TPSA) is 39.1 Å². The number of benzene rings is 2. The summed E-state index contributed by atoms with van der Waals surface area (Å²) in [6.45, 7) is 4.49. The van der Waals surface area contributed by atoms with Crippen LogP contribution in [0.2, 0.25) is 0 Å². The van der Waals surface area contributed by atoms with Gasteiger partial charge in [0.2, 0.25) is 0 Å². The normalized spacial score (nSPS) is 10.0. The lowest BCUT2D eigenvalue weighted by Crippen LogP contribution is -2.35. The van der Waals surface area contributed by atoms with Crippen LogP contribution in [-0.4, -0.2) is 11.7 Å². The van der Waals surface area contributed by atoms with Crippen molar-refractivity contribution in [2.24, 2.45) is 0 Å². The van der Waals surface area contributed by atoms with Gasteiger partial charge >= 0.3 is 0 Å². The van der Waals surface area contributed by atoms with Crippen molar-refractivity contribution < 1.29 is 4.39 Å². The van der Waals surface area contributed by atoms with Crippen LogP contribution in [0.15, 0.2) is 42.5 Å². The first-order valence-electron chi connectivity index (χ1n) is 7.29. The maximum absolute atomic E-state index is 13.1. The van der Waals surface area contributed by atoms with Crippen LogP contribution in [0.25, 0.3) is 0 Å². The van der Waals surface area contributed by atoms with Crippen LogP contribution in [0.5, 0.6) is 0 Å². The molecule has 0 radical (unpaired) electrons. The lowest BCUT2D eigenvalue weighted by molar-refractivity contribution is 0.628. The molecule has 0 saturated heterocycles. The van der Waals surface area contributed by atoms with Crippen molar-refractivity contribution in [1.29, 1.82) is 5.26 Å². The Balaban J connectivity index is 2.22. The van der Waals surface area contributed by atoms with E-state index in [1.165, 1.54) is 12.1 Å². The van der Waals surface area contributed by atoms with Gasteiger partial charge in [-0.15, -0.1) is 0 Å². The summed E-state index contributed by atoms with van der Waals surface area (Å²) in [6, 6.07) is 14.3. The third-order valence-electron chi connectivity index (χ3n) is 3.30. The van der Waals surface area contributed by atoms with Gasteiger partial charge < -0.3 is 10.2 Å². The van der Waals surface area contributed by atoms with Gasteiger partial charge in [-0.05, 0) is 73.6 Å². The molecule has 3 nitrogen and oxygen atoms in total. The van der Waals surface area contributed by atoms with Crippen molar-refractivity contribution in [2.45, 2.75) is 20.3 Å². The van der Waals surface area contributed by atoms with Crippen molar-refractivity contribution in [3.8, 4) is 6.07 Å². The number of nitrogens with zero attached hydrogens (tertiary/aromatic N) is 2. The predicted molar refractivity (Wildman–Crippen MR) is 96.1 cm³/mol. The second kappa shape index (κ2) is 7.70. The summed E-state index contributed by atoms with van der Waals surface area (Å²) in [4.78, 5) is 1.80. The molecule has 0 aromatic heterocycles. The molecule has 0 aliphatic heterocycles. The Bertz CT molecular complexity index is 715. The van der Waals surface area contributed by atoms with Crippen LogP contribution in [-0.2, 0) is 0 Å². The van der Waals surface area contributed by atoms with Gasteiger partial charge in [-0.25, -0.2) is 4.39 Å². The molecule has 0 bridgehead atoms. The maximum Gasteiger partial charge on any atom is 0.177 e. The summed E-state index contributed by atoms with van der Waals surface area (Å²) in [5.74, 6) is -0.304. The molecule has 0 aliphatic rings. The van der Waals surface area contributed by atoms with E-state index in [4.69, 9.17) is 17.5 Å². The van der Waals surface area contributed by atoms with Crippen LogP contribution >= 0.6 is 12.2 Å². The highest BCUT2D eigenvalue weighted by Gasteiger charge is 2.12. The van der Waals surface area contributed by atoms with Gasteiger partial charge in [0.15, 0.2) is 5.11 Å². The molecule has 0 atom stereocenters. The summed E-state index contributed by atoms with van der Waals surface area (Å²) < 4.78 is 13.1. The van der Waals surface area contributed by atoms with Gasteiger partial charge in [-0.2, -0.15) is 5.26 Å². The Morgan fingerprint density at radius 1 is 1.17 bits per heavy atom. The minimum absolute atomic E-state index is 0.304. The summed E-state index contributed by atoms with van der Waals surface area (Å²) in [5.41, 5.74) is 3.93. The lowest BCUT2D eigenvalue weighted by atomic mass is 10.1. The van der Waals surface area contributed by atoms with E-state index in [1.54, 1.807) is 17.0 Å². The summed E-state index contributed by atoms with van der Waals surface area (Å²) in [7, 11) is 0. The molecule has 2 rings (SSSR count). The van der Waals surface area contributed by atoms with E-state index in [0.29, 0.717) is 18.1 Å². The molecular weight excluding hydrogens is 309 g/mol. The highest BCUT2D eigenvalue weighted by molar-refractivity contribution is 7.80. The second-order valence-electron chi connectivity index (χ2n) is 5.34. The highest BCUT2D eigenvalue weighted by Crippen LogP contribution is 2.19. The largest absolute Gasteiger partial charge is 0.332 e. The van der Waals surface area contributed by atoms with Crippen LogP contribution in [0, 0.1) is 31.0 Å². The molecule has 0 amide bonds. The minimum atomic E-state index is -0.304. The Morgan fingerprint density at radius 2 is 1.78 bits per heavy atom. The molecule has 2 aromatic carbocycles. The number of nitriles is 1. The highest BCUT2D eigenvalue weighted by atomic mass is 32.1. The average molecular weight is 327 g/mol. The Morgan fingerprint density at radius 3 is 2.35 bits per heavy atom. The predicted octanol–water partition coefficient (Wildman–Crippen LogP) is 4.56. The number of hydrogen-bond acceptors (Lipinski definition) is 2. The maximum atomic E-state index is 13.1. The van der Waals surface area contributed by atoms with E-state index >= 15 is 0 Å². The molecule has 0 saturated carbocycles. The van der Waals surface area contributed by atoms with Gasteiger partial charge in [-0.1, -0.05) is 6.07 Å². The zero-order chi connectivity index (χ0) is 16.8. The van der Waals surface area contributed by atoms with Crippen LogP contribution < -0.4 is 10.2 Å². The monoisotopic (exact) mass is 327 g/mol. The quantitative estimate of drug-likeness (QED) is 0.836. The number of rotatable bonds is 4. The number of nitrogens with one attached hydrogen (secondary N) is 1. The number of halogens is 1. The first-order chi connectivity index (χ1) is 11.0. The number of aryl methyl sites for hydroxylation is 2. The molecule has 23 heavy (non-hydrogen) atoms. The summed E-state index contributed by atoms with van der Waals surface area (Å²) >= 11 is 5.48.